The third-order valence-corrected chi connectivity index (χ3v) is 4.50. The van der Waals surface area contributed by atoms with Gasteiger partial charge in [-0.15, -0.1) is 0 Å². The second-order valence-electron chi connectivity index (χ2n) is 6.19. The summed E-state index contributed by atoms with van der Waals surface area (Å²) in [5, 5.41) is 20.3. The summed E-state index contributed by atoms with van der Waals surface area (Å²) < 4.78 is 0. The summed E-state index contributed by atoms with van der Waals surface area (Å²) in [5.74, 6) is -1.61. The minimum Gasteiger partial charge on any atom is -0.478 e. The zero-order chi connectivity index (χ0) is 20.0. The van der Waals surface area contributed by atoms with Crippen LogP contribution in [0.3, 0.4) is 0 Å². The van der Waals surface area contributed by atoms with E-state index >= 15 is 0 Å². The Labute approximate surface area is 157 Å². The lowest BCUT2D eigenvalue weighted by atomic mass is 9.95. The van der Waals surface area contributed by atoms with Crippen molar-refractivity contribution in [3.8, 4) is 0 Å². The van der Waals surface area contributed by atoms with Crippen molar-refractivity contribution in [2.75, 3.05) is 13.1 Å². The summed E-state index contributed by atoms with van der Waals surface area (Å²) in [5.41, 5.74) is 0.422. The van der Waals surface area contributed by atoms with Gasteiger partial charge in [-0.25, -0.2) is 4.79 Å². The van der Waals surface area contributed by atoms with E-state index in [1.165, 1.54) is 6.07 Å². The minimum absolute atomic E-state index is 0.00589. The summed E-state index contributed by atoms with van der Waals surface area (Å²) in [6.07, 6.45) is 0.823. The monoisotopic (exact) mass is 370 g/mol. The molecule has 1 atom stereocenters. The molecular weight excluding hydrogens is 348 g/mol. The molecule has 7 heteroatoms. The maximum Gasteiger partial charge on any atom is 0.335 e. The Morgan fingerprint density at radius 1 is 1.11 bits per heavy atom. The number of hydrogen-bond acceptors (Lipinski definition) is 4. The standard InChI is InChI=1S/C20H22N2O5/c1-3-14(15-8-6-5-7-9-15)13-21(4-2)19(23)16-10-17(20(24)25)12-18(11-16)22(26)27/h5-12,14H,3-4,13H2,1-2H3,(H,24,25). The number of aromatic carboxylic acids is 1. The third kappa shape index (κ3) is 4.91. The number of rotatable bonds is 8. The molecule has 7 nitrogen and oxygen atoms in total. The van der Waals surface area contributed by atoms with Crippen molar-refractivity contribution >= 4 is 17.6 Å². The number of carbonyl (C=O) groups is 2. The van der Waals surface area contributed by atoms with Gasteiger partial charge in [0.05, 0.1) is 10.5 Å². The van der Waals surface area contributed by atoms with Crippen LogP contribution in [0.1, 0.15) is 52.5 Å². The molecule has 1 amide bonds. The molecule has 0 fully saturated rings. The molecule has 0 radical (unpaired) electrons. The van der Waals surface area contributed by atoms with Crippen LogP contribution in [-0.4, -0.2) is 39.9 Å². The number of carboxylic acid groups (broad SMARTS) is 1. The van der Waals surface area contributed by atoms with Crippen LogP contribution in [0.25, 0.3) is 0 Å². The Hall–Kier alpha value is -3.22. The number of amides is 1. The Morgan fingerprint density at radius 2 is 1.74 bits per heavy atom. The molecule has 1 N–H and O–H groups in total. The highest BCUT2D eigenvalue weighted by Crippen LogP contribution is 2.23. The molecule has 1 unspecified atom stereocenters. The number of carboxylic acids is 1. The van der Waals surface area contributed by atoms with Crippen LogP contribution in [0.4, 0.5) is 5.69 Å². The zero-order valence-corrected chi connectivity index (χ0v) is 15.3. The van der Waals surface area contributed by atoms with E-state index in [0.29, 0.717) is 13.1 Å². The Balaban J connectivity index is 2.33. The van der Waals surface area contributed by atoms with Gasteiger partial charge >= 0.3 is 5.97 Å². The van der Waals surface area contributed by atoms with E-state index in [1.54, 1.807) is 4.90 Å². The lowest BCUT2D eigenvalue weighted by molar-refractivity contribution is -0.384. The third-order valence-electron chi connectivity index (χ3n) is 4.50. The molecule has 0 aliphatic carbocycles. The Bertz CT molecular complexity index is 803. The number of nitro benzene ring substituents is 1. The van der Waals surface area contributed by atoms with Gasteiger partial charge in [-0.2, -0.15) is 0 Å². The van der Waals surface area contributed by atoms with Crippen LogP contribution < -0.4 is 0 Å². The molecule has 0 heterocycles. The van der Waals surface area contributed by atoms with Gasteiger partial charge in [0, 0.05) is 36.7 Å². The van der Waals surface area contributed by atoms with Crippen LogP contribution in [0, 0.1) is 10.1 Å². The van der Waals surface area contributed by atoms with E-state index < -0.39 is 22.5 Å². The lowest BCUT2D eigenvalue weighted by Gasteiger charge is -2.26. The van der Waals surface area contributed by atoms with Crippen molar-refractivity contribution < 1.29 is 19.6 Å². The Morgan fingerprint density at radius 3 is 2.26 bits per heavy atom. The first-order valence-electron chi connectivity index (χ1n) is 8.74. The zero-order valence-electron chi connectivity index (χ0n) is 15.3. The van der Waals surface area contributed by atoms with Crippen molar-refractivity contribution in [1.29, 1.82) is 0 Å². The maximum absolute atomic E-state index is 12.9. The number of hydrogen-bond donors (Lipinski definition) is 1. The Kier molecular flexibility index (Phi) is 6.65. The van der Waals surface area contributed by atoms with Crippen molar-refractivity contribution in [2.24, 2.45) is 0 Å². The van der Waals surface area contributed by atoms with E-state index in [0.717, 1.165) is 24.1 Å². The number of benzene rings is 2. The van der Waals surface area contributed by atoms with Gasteiger partial charge < -0.3 is 10.0 Å². The van der Waals surface area contributed by atoms with Crippen molar-refractivity contribution in [1.82, 2.24) is 4.90 Å². The van der Waals surface area contributed by atoms with E-state index in [2.05, 4.69) is 0 Å². The van der Waals surface area contributed by atoms with Gasteiger partial charge in [0.25, 0.3) is 11.6 Å². The first-order chi connectivity index (χ1) is 12.9. The molecule has 142 valence electrons. The van der Waals surface area contributed by atoms with Gasteiger partial charge in [0.2, 0.25) is 0 Å². The molecule has 0 aliphatic heterocycles. The fourth-order valence-corrected chi connectivity index (χ4v) is 2.96. The minimum atomic E-state index is -1.31. The second kappa shape index (κ2) is 8.93. The van der Waals surface area contributed by atoms with Crippen LogP contribution in [0.5, 0.6) is 0 Å². The van der Waals surface area contributed by atoms with Gasteiger partial charge in [-0.1, -0.05) is 37.3 Å². The predicted molar refractivity (Wildman–Crippen MR) is 101 cm³/mol. The number of nitro groups is 1. The van der Waals surface area contributed by atoms with E-state index in [4.69, 9.17) is 0 Å². The first kappa shape index (κ1) is 20.1. The van der Waals surface area contributed by atoms with Crippen LogP contribution >= 0.6 is 0 Å². The number of carbonyl (C=O) groups excluding carboxylic acids is 1. The predicted octanol–water partition coefficient (Wildman–Crippen LogP) is 3.95. The van der Waals surface area contributed by atoms with Gasteiger partial charge in [-0.05, 0) is 25.0 Å². The van der Waals surface area contributed by atoms with Crippen molar-refractivity contribution in [3.05, 3.63) is 75.3 Å². The SMILES string of the molecule is CCC(CN(CC)C(=O)c1cc(C(=O)O)cc([N+](=O)[O-])c1)c1ccccc1. The van der Waals surface area contributed by atoms with Crippen LogP contribution in [0.2, 0.25) is 0 Å². The average Bonchev–Trinajstić information content (AvgIpc) is 2.68. The molecular formula is C20H22N2O5. The molecule has 0 saturated heterocycles. The number of non-ortho nitro benzene ring substituents is 1. The highest BCUT2D eigenvalue weighted by atomic mass is 16.6. The molecule has 2 aromatic carbocycles. The molecule has 0 bridgehead atoms. The summed E-state index contributed by atoms with van der Waals surface area (Å²) >= 11 is 0. The smallest absolute Gasteiger partial charge is 0.335 e. The second-order valence-corrected chi connectivity index (χ2v) is 6.19. The summed E-state index contributed by atoms with van der Waals surface area (Å²) in [7, 11) is 0. The van der Waals surface area contributed by atoms with E-state index in [9.17, 15) is 24.8 Å². The molecule has 0 aromatic heterocycles. The van der Waals surface area contributed by atoms with Crippen LogP contribution in [-0.2, 0) is 0 Å². The average molecular weight is 370 g/mol. The molecule has 0 saturated carbocycles. The fourth-order valence-electron chi connectivity index (χ4n) is 2.96. The van der Waals surface area contributed by atoms with Gasteiger partial charge in [-0.3, -0.25) is 14.9 Å². The number of likely N-dealkylation sites (N-methyl/N-ethyl adjacent to an activating group) is 1. The molecule has 0 spiro atoms. The molecule has 0 aliphatic rings. The van der Waals surface area contributed by atoms with Crippen molar-refractivity contribution in [2.45, 2.75) is 26.2 Å². The van der Waals surface area contributed by atoms with E-state index in [-0.39, 0.29) is 17.0 Å². The summed E-state index contributed by atoms with van der Waals surface area (Å²) in [6, 6.07) is 13.1. The largest absolute Gasteiger partial charge is 0.478 e. The fraction of sp³-hybridized carbons (Fsp3) is 0.300. The normalized spacial score (nSPS) is 11.6. The quantitative estimate of drug-likeness (QED) is 0.560. The lowest BCUT2D eigenvalue weighted by Crippen LogP contribution is -2.34. The van der Waals surface area contributed by atoms with Crippen LogP contribution in [0.15, 0.2) is 48.5 Å². The van der Waals surface area contributed by atoms with E-state index in [1.807, 2.05) is 44.2 Å². The maximum atomic E-state index is 12.9. The van der Waals surface area contributed by atoms with Gasteiger partial charge in [0.1, 0.15) is 0 Å². The highest BCUT2D eigenvalue weighted by Gasteiger charge is 2.23. The topological polar surface area (TPSA) is 101 Å². The molecule has 2 aromatic rings. The first-order valence-corrected chi connectivity index (χ1v) is 8.74. The summed E-state index contributed by atoms with van der Waals surface area (Å²) in [6.45, 7) is 4.71. The molecule has 27 heavy (non-hydrogen) atoms. The molecule has 2 rings (SSSR count). The number of nitrogens with zero attached hydrogens (tertiary/aromatic N) is 2. The summed E-state index contributed by atoms with van der Waals surface area (Å²) in [4.78, 5) is 36.2. The van der Waals surface area contributed by atoms with Gasteiger partial charge in [0.15, 0.2) is 0 Å². The van der Waals surface area contributed by atoms with Crippen molar-refractivity contribution in [3.63, 3.8) is 0 Å². The highest BCUT2D eigenvalue weighted by molar-refractivity contribution is 5.98.